The summed E-state index contributed by atoms with van der Waals surface area (Å²) in [5, 5.41) is 2.94. The zero-order valence-electron chi connectivity index (χ0n) is 10.8. The molecule has 0 bridgehead atoms. The molecular formula is C14H18N2O2S. The highest BCUT2D eigenvalue weighted by atomic mass is 32.1. The summed E-state index contributed by atoms with van der Waals surface area (Å²) in [5.74, 6) is 6.28. The first-order chi connectivity index (χ1) is 9.29. The molecule has 5 heteroatoms. The van der Waals surface area contributed by atoms with Crippen molar-refractivity contribution >= 4 is 17.2 Å². The van der Waals surface area contributed by atoms with E-state index in [1.807, 2.05) is 6.07 Å². The van der Waals surface area contributed by atoms with E-state index in [-0.39, 0.29) is 5.91 Å². The molecule has 1 amide bonds. The predicted octanol–water partition coefficient (Wildman–Crippen LogP) is 1.21. The zero-order valence-corrected chi connectivity index (χ0v) is 11.6. The molecule has 0 saturated carbocycles. The number of hydrogen-bond donors (Lipinski definition) is 2. The number of nitrogens with one attached hydrogen (secondary N) is 1. The Labute approximate surface area is 117 Å². The van der Waals surface area contributed by atoms with Crippen LogP contribution in [0.1, 0.15) is 27.4 Å². The molecule has 1 unspecified atom stereocenters. The molecule has 0 aromatic carbocycles. The Morgan fingerprint density at radius 1 is 1.58 bits per heavy atom. The van der Waals surface area contributed by atoms with Gasteiger partial charge in [-0.2, -0.15) is 0 Å². The van der Waals surface area contributed by atoms with E-state index in [1.54, 1.807) is 6.07 Å². The lowest BCUT2D eigenvalue weighted by molar-refractivity contribution is 0.0954. The lowest BCUT2D eigenvalue weighted by Gasteiger charge is -2.07. The first-order valence-electron chi connectivity index (χ1n) is 6.44. The van der Waals surface area contributed by atoms with Gasteiger partial charge >= 0.3 is 0 Å². The molecule has 19 heavy (non-hydrogen) atoms. The van der Waals surface area contributed by atoms with Crippen molar-refractivity contribution in [1.82, 2.24) is 5.32 Å². The Kier molecular flexibility index (Phi) is 5.40. The second kappa shape index (κ2) is 7.29. The highest BCUT2D eigenvalue weighted by molar-refractivity contribution is 7.14. The summed E-state index contributed by atoms with van der Waals surface area (Å²) in [7, 11) is 0. The van der Waals surface area contributed by atoms with Gasteiger partial charge in [-0.15, -0.1) is 11.3 Å². The normalized spacial score (nSPS) is 17.8. The van der Waals surface area contributed by atoms with Crippen LogP contribution in [0, 0.1) is 17.8 Å². The number of hydrogen-bond acceptors (Lipinski definition) is 4. The van der Waals surface area contributed by atoms with E-state index in [9.17, 15) is 4.79 Å². The average molecular weight is 278 g/mol. The van der Waals surface area contributed by atoms with Crippen molar-refractivity contribution in [2.75, 3.05) is 26.3 Å². The van der Waals surface area contributed by atoms with Gasteiger partial charge in [0.25, 0.3) is 5.91 Å². The predicted molar refractivity (Wildman–Crippen MR) is 76.1 cm³/mol. The maximum atomic E-state index is 11.9. The van der Waals surface area contributed by atoms with Gasteiger partial charge in [0.05, 0.1) is 16.3 Å². The summed E-state index contributed by atoms with van der Waals surface area (Å²) in [5.41, 5.74) is 5.31. The van der Waals surface area contributed by atoms with Crippen molar-refractivity contribution in [2.45, 2.75) is 12.8 Å². The van der Waals surface area contributed by atoms with E-state index in [0.717, 1.165) is 30.9 Å². The molecule has 0 radical (unpaired) electrons. The fourth-order valence-corrected chi connectivity index (χ4v) is 2.75. The van der Waals surface area contributed by atoms with E-state index < -0.39 is 0 Å². The number of thiophene rings is 1. The fourth-order valence-electron chi connectivity index (χ4n) is 1.95. The standard InChI is InChI=1S/C14H18N2O2S/c15-7-1-2-12-3-4-13(19-12)14(17)16-8-5-11-6-9-18-10-11/h3-4,11H,5-10,15H2,(H,16,17). The van der Waals surface area contributed by atoms with Crippen LogP contribution in [0.25, 0.3) is 0 Å². The van der Waals surface area contributed by atoms with Crippen LogP contribution < -0.4 is 11.1 Å². The molecule has 1 saturated heterocycles. The molecule has 2 heterocycles. The minimum absolute atomic E-state index is 0.0234. The summed E-state index contributed by atoms with van der Waals surface area (Å²) < 4.78 is 5.30. The number of ether oxygens (including phenoxy) is 1. The fraction of sp³-hybridized carbons (Fsp3) is 0.500. The second-order valence-corrected chi connectivity index (χ2v) is 5.53. The van der Waals surface area contributed by atoms with Crippen molar-refractivity contribution in [1.29, 1.82) is 0 Å². The SMILES string of the molecule is NCC#Cc1ccc(C(=O)NCCC2CCOC2)s1. The van der Waals surface area contributed by atoms with E-state index >= 15 is 0 Å². The monoisotopic (exact) mass is 278 g/mol. The van der Waals surface area contributed by atoms with E-state index in [4.69, 9.17) is 10.5 Å². The molecule has 1 aromatic heterocycles. The summed E-state index contributed by atoms with van der Waals surface area (Å²) in [6.07, 6.45) is 2.09. The molecule has 102 valence electrons. The van der Waals surface area contributed by atoms with Gasteiger partial charge in [-0.05, 0) is 30.9 Å². The lowest BCUT2D eigenvalue weighted by atomic mass is 10.1. The molecule has 1 atom stereocenters. The van der Waals surface area contributed by atoms with Crippen LogP contribution in [0.3, 0.4) is 0 Å². The van der Waals surface area contributed by atoms with Crippen LogP contribution in [-0.4, -0.2) is 32.2 Å². The minimum Gasteiger partial charge on any atom is -0.381 e. The van der Waals surface area contributed by atoms with Crippen LogP contribution in [0.4, 0.5) is 0 Å². The Balaban J connectivity index is 1.77. The maximum Gasteiger partial charge on any atom is 0.261 e. The van der Waals surface area contributed by atoms with Crippen molar-refractivity contribution in [3.63, 3.8) is 0 Å². The summed E-state index contributed by atoms with van der Waals surface area (Å²) in [6, 6.07) is 3.66. The third-order valence-electron chi connectivity index (χ3n) is 3.01. The van der Waals surface area contributed by atoms with Crippen molar-refractivity contribution in [2.24, 2.45) is 11.7 Å². The third kappa shape index (κ3) is 4.35. The van der Waals surface area contributed by atoms with Gasteiger partial charge in [0.15, 0.2) is 0 Å². The Morgan fingerprint density at radius 3 is 3.21 bits per heavy atom. The highest BCUT2D eigenvalue weighted by Crippen LogP contribution is 2.17. The molecule has 1 fully saturated rings. The smallest absolute Gasteiger partial charge is 0.261 e. The molecule has 0 aliphatic carbocycles. The first-order valence-corrected chi connectivity index (χ1v) is 7.26. The quantitative estimate of drug-likeness (QED) is 0.814. The van der Waals surface area contributed by atoms with Crippen molar-refractivity contribution in [3.05, 3.63) is 21.9 Å². The molecule has 4 nitrogen and oxygen atoms in total. The molecule has 0 spiro atoms. The first kappa shape index (κ1) is 14.1. The van der Waals surface area contributed by atoms with Crippen LogP contribution in [0.5, 0.6) is 0 Å². The Morgan fingerprint density at radius 2 is 2.47 bits per heavy atom. The number of carbonyl (C=O) groups is 1. The lowest BCUT2D eigenvalue weighted by Crippen LogP contribution is -2.25. The largest absolute Gasteiger partial charge is 0.381 e. The van der Waals surface area contributed by atoms with Gasteiger partial charge < -0.3 is 15.8 Å². The highest BCUT2D eigenvalue weighted by Gasteiger charge is 2.15. The summed E-state index contributed by atoms with van der Waals surface area (Å²) in [6.45, 7) is 2.72. The molecule has 2 rings (SSSR count). The number of nitrogens with two attached hydrogens (primary N) is 1. The molecular weight excluding hydrogens is 260 g/mol. The maximum absolute atomic E-state index is 11.9. The van der Waals surface area contributed by atoms with E-state index in [0.29, 0.717) is 23.9 Å². The van der Waals surface area contributed by atoms with Crippen LogP contribution in [0.2, 0.25) is 0 Å². The third-order valence-corrected chi connectivity index (χ3v) is 4.01. The van der Waals surface area contributed by atoms with Crippen LogP contribution >= 0.6 is 11.3 Å². The van der Waals surface area contributed by atoms with Crippen LogP contribution in [0.15, 0.2) is 12.1 Å². The summed E-state index contributed by atoms with van der Waals surface area (Å²) >= 11 is 1.40. The van der Waals surface area contributed by atoms with Crippen molar-refractivity contribution in [3.8, 4) is 11.8 Å². The molecule has 1 aromatic rings. The topological polar surface area (TPSA) is 64.4 Å². The van der Waals surface area contributed by atoms with Gasteiger partial charge in [-0.3, -0.25) is 4.79 Å². The Bertz CT molecular complexity index is 481. The summed E-state index contributed by atoms with van der Waals surface area (Å²) in [4.78, 5) is 13.5. The van der Waals surface area contributed by atoms with E-state index in [1.165, 1.54) is 11.3 Å². The number of amides is 1. The second-order valence-electron chi connectivity index (χ2n) is 4.44. The molecule has 1 aliphatic heterocycles. The van der Waals surface area contributed by atoms with Gasteiger partial charge in [-0.25, -0.2) is 0 Å². The molecule has 3 N–H and O–H groups in total. The average Bonchev–Trinajstić information content (AvgIpc) is 3.07. The van der Waals surface area contributed by atoms with E-state index in [2.05, 4.69) is 17.2 Å². The zero-order chi connectivity index (χ0) is 13.5. The Hall–Kier alpha value is -1.35. The van der Waals surface area contributed by atoms with Crippen LogP contribution in [-0.2, 0) is 4.74 Å². The van der Waals surface area contributed by atoms with Crippen molar-refractivity contribution < 1.29 is 9.53 Å². The van der Waals surface area contributed by atoms with Gasteiger partial charge in [0, 0.05) is 19.8 Å². The van der Waals surface area contributed by atoms with Gasteiger partial charge in [-0.1, -0.05) is 11.8 Å². The van der Waals surface area contributed by atoms with Gasteiger partial charge in [0.1, 0.15) is 0 Å². The van der Waals surface area contributed by atoms with Gasteiger partial charge in [0.2, 0.25) is 0 Å². The number of rotatable bonds is 4. The molecule has 1 aliphatic rings. The minimum atomic E-state index is -0.0234. The number of carbonyl (C=O) groups excluding carboxylic acids is 1.